The Balaban J connectivity index is 1.53. The molecule has 6 nitrogen and oxygen atoms in total. The summed E-state index contributed by atoms with van der Waals surface area (Å²) >= 11 is 0. The van der Waals surface area contributed by atoms with Gasteiger partial charge in [0.15, 0.2) is 18.3 Å². The molecule has 0 saturated heterocycles. The third kappa shape index (κ3) is 3.26. The average molecular weight is 480 g/mol. The van der Waals surface area contributed by atoms with Crippen molar-refractivity contribution in [2.24, 2.45) is 0 Å². The van der Waals surface area contributed by atoms with E-state index in [1.165, 1.54) is 7.11 Å². The van der Waals surface area contributed by atoms with Crippen molar-refractivity contribution in [1.82, 2.24) is 0 Å². The summed E-state index contributed by atoms with van der Waals surface area (Å²) in [6.07, 6.45) is 0. The van der Waals surface area contributed by atoms with E-state index >= 15 is 0 Å². The van der Waals surface area contributed by atoms with Crippen molar-refractivity contribution in [3.05, 3.63) is 119 Å². The monoisotopic (exact) mass is 479 g/mol. The van der Waals surface area contributed by atoms with Gasteiger partial charge in [-0.3, -0.25) is 9.69 Å². The van der Waals surface area contributed by atoms with Crippen LogP contribution in [0.4, 0.5) is 5.69 Å². The van der Waals surface area contributed by atoms with Crippen LogP contribution in [0.25, 0.3) is 0 Å². The first kappa shape index (κ1) is 22.2. The summed E-state index contributed by atoms with van der Waals surface area (Å²) < 4.78 is 16.6. The number of para-hydroxylation sites is 1. The van der Waals surface area contributed by atoms with Gasteiger partial charge in [0, 0.05) is 24.4 Å². The first-order valence-corrected chi connectivity index (χ1v) is 11.8. The number of fused-ring (bicyclic) bond motifs is 4. The standard InChI is InChI=1S/C30H25NO5/c1-34-19-36-27-17-26-23(16-25(27)32)30(18-35-26)22-14-8-9-15-24(22)31(29(30)33)28(20-10-4-2-5-11-20)21-12-6-3-7-13-21/h2-17,28,32H,18-19H2,1H3. The Labute approximate surface area is 209 Å². The van der Waals surface area contributed by atoms with Crippen molar-refractivity contribution in [1.29, 1.82) is 0 Å². The van der Waals surface area contributed by atoms with Gasteiger partial charge in [-0.1, -0.05) is 78.9 Å². The van der Waals surface area contributed by atoms with Crippen LogP contribution in [0.1, 0.15) is 28.3 Å². The van der Waals surface area contributed by atoms with E-state index < -0.39 is 5.41 Å². The van der Waals surface area contributed by atoms with E-state index in [-0.39, 0.29) is 36.8 Å². The van der Waals surface area contributed by atoms with Crippen LogP contribution in [0.5, 0.6) is 17.2 Å². The highest BCUT2D eigenvalue weighted by molar-refractivity contribution is 6.12. The average Bonchev–Trinajstić information content (AvgIpc) is 3.41. The molecule has 36 heavy (non-hydrogen) atoms. The lowest BCUT2D eigenvalue weighted by Crippen LogP contribution is -2.44. The van der Waals surface area contributed by atoms with E-state index in [0.717, 1.165) is 22.4 Å². The van der Waals surface area contributed by atoms with Gasteiger partial charge in [0.05, 0.1) is 6.04 Å². The molecule has 0 radical (unpaired) electrons. The van der Waals surface area contributed by atoms with Crippen LogP contribution in [-0.2, 0) is 14.9 Å². The Morgan fingerprint density at radius 2 is 1.56 bits per heavy atom. The first-order chi connectivity index (χ1) is 17.6. The van der Waals surface area contributed by atoms with E-state index in [9.17, 15) is 9.90 Å². The Morgan fingerprint density at radius 3 is 2.22 bits per heavy atom. The molecule has 1 N–H and O–H groups in total. The number of benzene rings is 4. The minimum Gasteiger partial charge on any atom is -0.504 e. The molecule has 0 aliphatic carbocycles. The molecule has 6 rings (SSSR count). The fourth-order valence-corrected chi connectivity index (χ4v) is 5.40. The highest BCUT2D eigenvalue weighted by Crippen LogP contribution is 2.56. The molecule has 1 spiro atoms. The summed E-state index contributed by atoms with van der Waals surface area (Å²) in [4.78, 5) is 16.5. The molecule has 1 atom stereocenters. The van der Waals surface area contributed by atoms with Gasteiger partial charge in [-0.15, -0.1) is 0 Å². The minimum absolute atomic E-state index is 0.0110. The molecule has 0 fully saturated rings. The third-order valence-corrected chi connectivity index (χ3v) is 6.99. The molecule has 180 valence electrons. The van der Waals surface area contributed by atoms with E-state index in [2.05, 4.69) is 0 Å². The van der Waals surface area contributed by atoms with Gasteiger partial charge in [0.1, 0.15) is 17.8 Å². The van der Waals surface area contributed by atoms with Gasteiger partial charge in [-0.25, -0.2) is 0 Å². The SMILES string of the molecule is COCOc1cc2c(cc1O)C1(CO2)C(=O)N(C(c2ccccc2)c2ccccc2)c2ccccc21. The van der Waals surface area contributed by atoms with Crippen LogP contribution >= 0.6 is 0 Å². The first-order valence-electron chi connectivity index (χ1n) is 11.8. The number of rotatable bonds is 6. The van der Waals surface area contributed by atoms with Gasteiger partial charge >= 0.3 is 0 Å². The van der Waals surface area contributed by atoms with Crippen molar-refractivity contribution in [3.8, 4) is 17.2 Å². The van der Waals surface area contributed by atoms with Gasteiger partial charge in [0.2, 0.25) is 5.91 Å². The number of phenolic OH excluding ortho intramolecular Hbond substituents is 1. The summed E-state index contributed by atoms with van der Waals surface area (Å²) in [6.45, 7) is 0.126. The molecular weight excluding hydrogens is 454 g/mol. The van der Waals surface area contributed by atoms with E-state index in [4.69, 9.17) is 14.2 Å². The van der Waals surface area contributed by atoms with E-state index in [1.807, 2.05) is 89.8 Å². The fraction of sp³-hybridized carbons (Fsp3) is 0.167. The maximum atomic E-state index is 14.6. The molecule has 2 aliphatic heterocycles. The number of ether oxygens (including phenoxy) is 3. The summed E-state index contributed by atoms with van der Waals surface area (Å²) in [5, 5.41) is 10.7. The Morgan fingerprint density at radius 1 is 0.917 bits per heavy atom. The maximum Gasteiger partial charge on any atom is 0.246 e. The van der Waals surface area contributed by atoms with Crippen LogP contribution in [-0.4, -0.2) is 31.5 Å². The molecule has 2 heterocycles. The minimum atomic E-state index is -1.08. The van der Waals surface area contributed by atoms with Crippen LogP contribution in [0.3, 0.4) is 0 Å². The smallest absolute Gasteiger partial charge is 0.246 e. The van der Waals surface area contributed by atoms with E-state index in [0.29, 0.717) is 11.3 Å². The summed E-state index contributed by atoms with van der Waals surface area (Å²) in [5.74, 6) is 0.599. The zero-order valence-corrected chi connectivity index (χ0v) is 19.8. The Hall–Kier alpha value is -4.29. The Kier molecular flexibility index (Phi) is 5.38. The zero-order valence-electron chi connectivity index (χ0n) is 19.8. The van der Waals surface area contributed by atoms with Crippen LogP contribution < -0.4 is 14.4 Å². The van der Waals surface area contributed by atoms with Crippen molar-refractivity contribution in [2.75, 3.05) is 25.4 Å². The highest BCUT2D eigenvalue weighted by atomic mass is 16.7. The van der Waals surface area contributed by atoms with E-state index in [1.54, 1.807) is 12.1 Å². The lowest BCUT2D eigenvalue weighted by Gasteiger charge is -2.31. The number of carbonyl (C=O) groups is 1. The number of anilines is 1. The second-order valence-electron chi connectivity index (χ2n) is 8.98. The summed E-state index contributed by atoms with van der Waals surface area (Å²) in [5.41, 5.74) is 3.25. The number of methoxy groups -OCH3 is 1. The van der Waals surface area contributed by atoms with Gasteiger partial charge in [0.25, 0.3) is 0 Å². The number of hydrogen-bond donors (Lipinski definition) is 1. The molecular formula is C30H25NO5. The van der Waals surface area contributed by atoms with Crippen molar-refractivity contribution in [2.45, 2.75) is 11.5 Å². The molecule has 2 aliphatic rings. The number of hydrogen-bond acceptors (Lipinski definition) is 5. The Bertz CT molecular complexity index is 1380. The van der Waals surface area contributed by atoms with Crippen LogP contribution in [0.15, 0.2) is 97.1 Å². The molecule has 0 bridgehead atoms. The van der Waals surface area contributed by atoms with Gasteiger partial charge < -0.3 is 19.3 Å². The normalized spacial score (nSPS) is 17.8. The molecule has 0 saturated carbocycles. The van der Waals surface area contributed by atoms with Crippen LogP contribution in [0.2, 0.25) is 0 Å². The van der Waals surface area contributed by atoms with Crippen LogP contribution in [0, 0.1) is 0 Å². The lowest BCUT2D eigenvalue weighted by atomic mass is 9.77. The van der Waals surface area contributed by atoms with Crippen molar-refractivity contribution in [3.63, 3.8) is 0 Å². The topological polar surface area (TPSA) is 68.2 Å². The molecule has 4 aromatic rings. The van der Waals surface area contributed by atoms with Gasteiger partial charge in [-0.2, -0.15) is 0 Å². The van der Waals surface area contributed by atoms with Gasteiger partial charge in [-0.05, 0) is 28.8 Å². The fourth-order valence-electron chi connectivity index (χ4n) is 5.40. The highest BCUT2D eigenvalue weighted by Gasteiger charge is 2.58. The quantitative estimate of drug-likeness (QED) is 0.386. The maximum absolute atomic E-state index is 14.6. The number of aromatic hydroxyl groups is 1. The molecule has 1 amide bonds. The molecule has 1 unspecified atom stereocenters. The summed E-state index contributed by atoms with van der Waals surface area (Å²) in [6, 6.07) is 30.8. The zero-order chi connectivity index (χ0) is 24.7. The second-order valence-corrected chi connectivity index (χ2v) is 8.98. The lowest BCUT2D eigenvalue weighted by molar-refractivity contribution is -0.122. The number of phenols is 1. The molecule has 0 aromatic heterocycles. The number of carbonyl (C=O) groups excluding carboxylic acids is 1. The second kappa shape index (κ2) is 8.73. The number of nitrogens with zero attached hydrogens (tertiary/aromatic N) is 1. The predicted molar refractivity (Wildman–Crippen MR) is 136 cm³/mol. The number of amides is 1. The summed E-state index contributed by atoms with van der Waals surface area (Å²) in [7, 11) is 1.51. The molecule has 4 aromatic carbocycles. The molecule has 6 heteroatoms. The van der Waals surface area contributed by atoms with Crippen molar-refractivity contribution < 1.29 is 24.1 Å². The third-order valence-electron chi connectivity index (χ3n) is 6.99. The van der Waals surface area contributed by atoms with Crippen molar-refractivity contribution >= 4 is 11.6 Å². The predicted octanol–water partition coefficient (Wildman–Crippen LogP) is 5.19. The largest absolute Gasteiger partial charge is 0.504 e.